The maximum Gasteiger partial charge on any atom is 0.344 e. The summed E-state index contributed by atoms with van der Waals surface area (Å²) < 4.78 is 21.7. The van der Waals surface area contributed by atoms with Crippen LogP contribution in [0.3, 0.4) is 0 Å². The Kier molecular flexibility index (Phi) is 5.00. The molecule has 0 aromatic heterocycles. The van der Waals surface area contributed by atoms with E-state index in [1.54, 1.807) is 14.2 Å². The monoisotopic (exact) mass is 384 g/mol. The number of fused-ring (bicyclic) bond motifs is 1. The largest absolute Gasteiger partial charge is 0.497 e. The van der Waals surface area contributed by atoms with Crippen LogP contribution in [0.15, 0.2) is 36.4 Å². The molecule has 0 aliphatic carbocycles. The second-order valence-corrected chi connectivity index (χ2v) is 6.74. The van der Waals surface area contributed by atoms with Gasteiger partial charge in [0, 0.05) is 37.4 Å². The number of piperazine rings is 1. The number of nitrogens with zero attached hydrogens (tertiary/aromatic N) is 2. The molecule has 4 rings (SSSR count). The molecule has 1 atom stereocenters. The van der Waals surface area contributed by atoms with Gasteiger partial charge in [-0.25, -0.2) is 4.79 Å². The minimum atomic E-state index is -0.389. The molecule has 2 aromatic carbocycles. The first-order chi connectivity index (χ1) is 13.7. The van der Waals surface area contributed by atoms with Crippen molar-refractivity contribution in [3.8, 4) is 17.2 Å². The van der Waals surface area contributed by atoms with Crippen molar-refractivity contribution < 1.29 is 23.7 Å². The highest BCUT2D eigenvalue weighted by Gasteiger charge is 2.39. The minimum Gasteiger partial charge on any atom is -0.497 e. The fourth-order valence-corrected chi connectivity index (χ4v) is 3.86. The number of rotatable bonds is 5. The Morgan fingerprint density at radius 3 is 2.21 bits per heavy atom. The summed E-state index contributed by atoms with van der Waals surface area (Å²) in [6, 6.07) is 11.8. The van der Waals surface area contributed by atoms with Crippen LogP contribution in [0.5, 0.6) is 17.2 Å². The predicted molar refractivity (Wildman–Crippen MR) is 104 cm³/mol. The van der Waals surface area contributed by atoms with Crippen molar-refractivity contribution in [3.05, 3.63) is 47.5 Å². The molecule has 0 saturated carbocycles. The summed E-state index contributed by atoms with van der Waals surface area (Å²) in [5, 5.41) is 0. The molecule has 0 spiro atoms. The summed E-state index contributed by atoms with van der Waals surface area (Å²) in [6.45, 7) is 3.28. The van der Waals surface area contributed by atoms with Crippen molar-refractivity contribution in [1.82, 2.24) is 4.90 Å². The third-order valence-electron chi connectivity index (χ3n) is 5.35. The molecule has 0 N–H and O–H groups in total. The molecule has 28 heavy (non-hydrogen) atoms. The molecule has 1 fully saturated rings. The van der Waals surface area contributed by atoms with Crippen molar-refractivity contribution >= 4 is 11.7 Å². The minimum absolute atomic E-state index is 0.367. The lowest BCUT2D eigenvalue weighted by atomic mass is 10.1. The van der Waals surface area contributed by atoms with Crippen molar-refractivity contribution in [2.24, 2.45) is 0 Å². The zero-order chi connectivity index (χ0) is 19.7. The molecule has 0 amide bonds. The molecule has 1 saturated heterocycles. The summed E-state index contributed by atoms with van der Waals surface area (Å²) >= 11 is 0. The lowest BCUT2D eigenvalue weighted by Gasteiger charge is -2.38. The Hall–Kier alpha value is -2.93. The molecular weight excluding hydrogens is 360 g/mol. The van der Waals surface area contributed by atoms with Crippen molar-refractivity contribution in [2.45, 2.75) is 6.23 Å². The quantitative estimate of drug-likeness (QED) is 0.735. The first kappa shape index (κ1) is 18.4. The van der Waals surface area contributed by atoms with E-state index in [1.807, 2.05) is 24.3 Å². The van der Waals surface area contributed by atoms with Crippen LogP contribution in [-0.4, -0.2) is 58.4 Å². The average molecular weight is 384 g/mol. The second-order valence-electron chi connectivity index (χ2n) is 6.74. The molecule has 0 bridgehead atoms. The standard InChI is InChI=1S/C21H24N2O5/c1-25-15-6-4-14(5-7-15)22-10-12-23(13-11-22)20-16-8-9-17(26-2)19(27-3)18(16)21(24)28-20/h4-9,20H,10-13H2,1-3H3/t20-/m0/s1. The normalized spacial score (nSPS) is 19.2. The van der Waals surface area contributed by atoms with Crippen LogP contribution in [0, 0.1) is 0 Å². The molecule has 2 aliphatic rings. The summed E-state index contributed by atoms with van der Waals surface area (Å²) in [4.78, 5) is 17.0. The topological polar surface area (TPSA) is 60.5 Å². The second kappa shape index (κ2) is 7.59. The Balaban J connectivity index is 1.50. The zero-order valence-corrected chi connectivity index (χ0v) is 16.3. The number of anilines is 1. The molecule has 7 heteroatoms. The van der Waals surface area contributed by atoms with E-state index < -0.39 is 0 Å². The number of cyclic esters (lactones) is 1. The van der Waals surface area contributed by atoms with Gasteiger partial charge < -0.3 is 23.8 Å². The van der Waals surface area contributed by atoms with Crippen molar-refractivity contribution in [2.75, 3.05) is 52.4 Å². The lowest BCUT2D eigenvalue weighted by Crippen LogP contribution is -2.47. The molecular formula is C21H24N2O5. The molecule has 2 aliphatic heterocycles. The smallest absolute Gasteiger partial charge is 0.344 e. The molecule has 2 heterocycles. The van der Waals surface area contributed by atoms with Crippen LogP contribution in [-0.2, 0) is 4.74 Å². The SMILES string of the molecule is COc1ccc(N2CCN([C@H]3OC(=O)c4c3ccc(OC)c4OC)CC2)cc1. The van der Waals surface area contributed by atoms with Crippen molar-refractivity contribution in [1.29, 1.82) is 0 Å². The van der Waals surface area contributed by atoms with Gasteiger partial charge in [-0.15, -0.1) is 0 Å². The van der Waals surface area contributed by atoms with Gasteiger partial charge in [-0.3, -0.25) is 4.90 Å². The van der Waals surface area contributed by atoms with Crippen LogP contribution >= 0.6 is 0 Å². The van der Waals surface area contributed by atoms with Gasteiger partial charge in [0.1, 0.15) is 11.3 Å². The predicted octanol–water partition coefficient (Wildman–Crippen LogP) is 2.70. The maximum absolute atomic E-state index is 12.5. The van der Waals surface area contributed by atoms with Gasteiger partial charge in [0.05, 0.1) is 21.3 Å². The molecule has 2 aromatic rings. The maximum atomic E-state index is 12.5. The first-order valence-electron chi connectivity index (χ1n) is 9.25. The van der Waals surface area contributed by atoms with Gasteiger partial charge in [0.15, 0.2) is 17.7 Å². The van der Waals surface area contributed by atoms with E-state index in [9.17, 15) is 4.79 Å². The number of carbonyl (C=O) groups excluding carboxylic acids is 1. The summed E-state index contributed by atoms with van der Waals surface area (Å²) in [5.74, 6) is 1.45. The van der Waals surface area contributed by atoms with E-state index in [1.165, 1.54) is 7.11 Å². The van der Waals surface area contributed by atoms with Gasteiger partial charge in [0.25, 0.3) is 0 Å². The van der Waals surface area contributed by atoms with Gasteiger partial charge in [-0.2, -0.15) is 0 Å². The number of carbonyl (C=O) groups is 1. The third kappa shape index (κ3) is 3.11. The number of esters is 1. The van der Waals surface area contributed by atoms with Gasteiger partial charge in [-0.1, -0.05) is 0 Å². The van der Waals surface area contributed by atoms with Gasteiger partial charge in [-0.05, 0) is 36.4 Å². The van der Waals surface area contributed by atoms with Gasteiger partial charge in [0.2, 0.25) is 0 Å². The van der Waals surface area contributed by atoms with Crippen molar-refractivity contribution in [3.63, 3.8) is 0 Å². The average Bonchev–Trinajstić information content (AvgIpc) is 3.10. The fourth-order valence-electron chi connectivity index (χ4n) is 3.86. The van der Waals surface area contributed by atoms with Crippen LogP contribution in [0.1, 0.15) is 22.1 Å². The van der Waals surface area contributed by atoms with Crippen LogP contribution in [0.4, 0.5) is 5.69 Å². The Morgan fingerprint density at radius 2 is 1.61 bits per heavy atom. The van der Waals surface area contributed by atoms with E-state index in [0.717, 1.165) is 43.2 Å². The lowest BCUT2D eigenvalue weighted by molar-refractivity contribution is -0.0251. The number of hydrogen-bond acceptors (Lipinski definition) is 7. The Labute approximate surface area is 164 Å². The Morgan fingerprint density at radius 1 is 0.893 bits per heavy atom. The highest BCUT2D eigenvalue weighted by molar-refractivity contribution is 5.98. The number of methoxy groups -OCH3 is 3. The van der Waals surface area contributed by atoms with E-state index in [0.29, 0.717) is 17.1 Å². The first-order valence-corrected chi connectivity index (χ1v) is 9.25. The summed E-state index contributed by atoms with van der Waals surface area (Å²) in [6.07, 6.45) is -0.389. The molecule has 0 radical (unpaired) electrons. The highest BCUT2D eigenvalue weighted by Crippen LogP contribution is 2.43. The highest BCUT2D eigenvalue weighted by atomic mass is 16.6. The van der Waals surface area contributed by atoms with E-state index >= 15 is 0 Å². The number of benzene rings is 2. The zero-order valence-electron chi connectivity index (χ0n) is 16.3. The Bertz CT molecular complexity index is 860. The number of ether oxygens (including phenoxy) is 4. The summed E-state index contributed by atoms with van der Waals surface area (Å²) in [7, 11) is 4.76. The molecule has 7 nitrogen and oxygen atoms in total. The number of hydrogen-bond donors (Lipinski definition) is 0. The fraction of sp³-hybridized carbons (Fsp3) is 0.381. The van der Waals surface area contributed by atoms with Crippen LogP contribution < -0.4 is 19.1 Å². The van der Waals surface area contributed by atoms with Crippen LogP contribution in [0.25, 0.3) is 0 Å². The van der Waals surface area contributed by atoms with E-state index in [-0.39, 0.29) is 12.2 Å². The van der Waals surface area contributed by atoms with E-state index in [2.05, 4.69) is 21.9 Å². The third-order valence-corrected chi connectivity index (χ3v) is 5.35. The molecule has 148 valence electrons. The van der Waals surface area contributed by atoms with Gasteiger partial charge >= 0.3 is 5.97 Å². The van der Waals surface area contributed by atoms with Crippen LogP contribution in [0.2, 0.25) is 0 Å². The molecule has 0 unspecified atom stereocenters. The van der Waals surface area contributed by atoms with E-state index in [4.69, 9.17) is 18.9 Å². The summed E-state index contributed by atoms with van der Waals surface area (Å²) in [5.41, 5.74) is 2.46.